The highest BCUT2D eigenvalue weighted by atomic mass is 19.3. The van der Waals surface area contributed by atoms with E-state index in [1.165, 1.54) is 0 Å². The summed E-state index contributed by atoms with van der Waals surface area (Å²) >= 11 is 0. The van der Waals surface area contributed by atoms with Gasteiger partial charge in [-0.1, -0.05) is 0 Å². The van der Waals surface area contributed by atoms with Crippen molar-refractivity contribution in [1.29, 1.82) is 0 Å². The molecule has 170 valence electrons. The monoisotopic (exact) mass is 452 g/mol. The molecule has 1 unspecified atom stereocenters. The maximum Gasteiger partial charge on any atom is 0.336 e. The Morgan fingerprint density at radius 1 is 1.19 bits per heavy atom. The van der Waals surface area contributed by atoms with Crippen LogP contribution in [0.2, 0.25) is 0 Å². The first-order chi connectivity index (χ1) is 15.3. The van der Waals surface area contributed by atoms with Gasteiger partial charge in [-0.3, -0.25) is 4.90 Å². The number of imidazole rings is 1. The van der Waals surface area contributed by atoms with Crippen LogP contribution >= 0.6 is 0 Å². The van der Waals surface area contributed by atoms with Gasteiger partial charge in [-0.15, -0.1) is 5.10 Å². The molecule has 1 fully saturated rings. The number of tetrazole rings is 1. The van der Waals surface area contributed by atoms with Crippen LogP contribution in [-0.4, -0.2) is 53.3 Å². The number of benzene rings is 1. The fourth-order valence-corrected chi connectivity index (χ4v) is 4.44. The maximum absolute atomic E-state index is 14.2. The Kier molecular flexibility index (Phi) is 5.18. The van der Waals surface area contributed by atoms with Crippen molar-refractivity contribution in [3.63, 3.8) is 0 Å². The number of ether oxygens (including phenoxy) is 1. The van der Waals surface area contributed by atoms with Crippen LogP contribution in [0.3, 0.4) is 0 Å². The zero-order valence-corrected chi connectivity index (χ0v) is 17.0. The second-order valence-corrected chi connectivity index (χ2v) is 7.99. The van der Waals surface area contributed by atoms with Crippen molar-refractivity contribution in [3.8, 4) is 11.6 Å². The lowest BCUT2D eigenvalue weighted by atomic mass is 9.93. The van der Waals surface area contributed by atoms with Crippen molar-refractivity contribution in [2.45, 2.75) is 44.2 Å². The summed E-state index contributed by atoms with van der Waals surface area (Å²) in [6, 6.07) is 2.66. The topological polar surface area (TPSA) is 99.9 Å². The van der Waals surface area contributed by atoms with Crippen LogP contribution in [0.25, 0.3) is 11.6 Å². The summed E-state index contributed by atoms with van der Waals surface area (Å²) in [6.45, 7) is -1.60. The van der Waals surface area contributed by atoms with E-state index in [2.05, 4.69) is 25.4 Å². The van der Waals surface area contributed by atoms with Gasteiger partial charge in [0.25, 0.3) is 0 Å². The molecule has 1 aromatic carbocycles. The molecule has 0 bridgehead atoms. The second kappa shape index (κ2) is 7.90. The molecule has 3 aromatic rings. The average Bonchev–Trinajstić information content (AvgIpc) is 3.46. The van der Waals surface area contributed by atoms with E-state index in [1.807, 2.05) is 0 Å². The number of nitrogens with two attached hydrogens (primary N) is 1. The molecule has 2 aliphatic rings. The molecule has 4 heterocycles. The molecule has 0 radical (unpaired) electrons. The van der Waals surface area contributed by atoms with Crippen molar-refractivity contribution in [2.24, 2.45) is 12.8 Å². The Morgan fingerprint density at radius 3 is 2.72 bits per heavy atom. The van der Waals surface area contributed by atoms with Gasteiger partial charge in [0.05, 0.1) is 18.0 Å². The van der Waals surface area contributed by atoms with Gasteiger partial charge >= 0.3 is 6.55 Å². The summed E-state index contributed by atoms with van der Waals surface area (Å²) in [5.41, 5.74) is 7.98. The van der Waals surface area contributed by atoms with Crippen LogP contribution in [-0.2, 0) is 24.9 Å². The maximum atomic E-state index is 14.2. The third-order valence-electron chi connectivity index (χ3n) is 6.06. The van der Waals surface area contributed by atoms with Crippen LogP contribution in [0, 0.1) is 11.6 Å². The number of halogens is 4. The third-order valence-corrected chi connectivity index (χ3v) is 6.06. The fourth-order valence-electron chi connectivity index (χ4n) is 4.44. The van der Waals surface area contributed by atoms with E-state index in [-0.39, 0.29) is 23.3 Å². The van der Waals surface area contributed by atoms with E-state index in [1.54, 1.807) is 11.6 Å². The lowest BCUT2D eigenvalue weighted by Gasteiger charge is -2.38. The molecular formula is C19H20F4N8O. The highest BCUT2D eigenvalue weighted by Crippen LogP contribution is 2.35. The average molecular weight is 452 g/mol. The summed E-state index contributed by atoms with van der Waals surface area (Å²) in [6.07, 6.45) is -0.213. The molecule has 0 aliphatic carbocycles. The Balaban J connectivity index is 1.30. The minimum Gasteiger partial charge on any atom is -0.370 e. The number of nitrogens with zero attached hydrogens (tertiary/aromatic N) is 7. The molecule has 2 N–H and O–H groups in total. The van der Waals surface area contributed by atoms with Gasteiger partial charge in [0.2, 0.25) is 5.82 Å². The molecule has 2 aromatic heterocycles. The number of fused-ring (bicyclic) bond motifs is 1. The Bertz CT molecular complexity index is 1150. The van der Waals surface area contributed by atoms with Gasteiger partial charge < -0.3 is 15.0 Å². The minimum absolute atomic E-state index is 0.0538. The second-order valence-electron chi connectivity index (χ2n) is 7.99. The molecule has 5 rings (SSSR count). The molecule has 1 saturated heterocycles. The van der Waals surface area contributed by atoms with Crippen molar-refractivity contribution >= 4 is 0 Å². The number of alkyl halides is 2. The van der Waals surface area contributed by atoms with Gasteiger partial charge in [0.15, 0.2) is 5.82 Å². The fraction of sp³-hybridized carbons (Fsp3) is 0.474. The first kappa shape index (κ1) is 21.0. The largest absolute Gasteiger partial charge is 0.370 e. The first-order valence-electron chi connectivity index (χ1n) is 10.0. The Labute approximate surface area is 179 Å². The summed E-state index contributed by atoms with van der Waals surface area (Å²) in [7, 11) is 1.72. The van der Waals surface area contributed by atoms with Gasteiger partial charge in [-0.25, -0.2) is 13.8 Å². The number of rotatable bonds is 4. The third kappa shape index (κ3) is 3.45. The van der Waals surface area contributed by atoms with E-state index in [4.69, 9.17) is 10.5 Å². The molecule has 2 aliphatic heterocycles. The van der Waals surface area contributed by atoms with Gasteiger partial charge in [-0.05, 0) is 35.0 Å². The molecule has 0 spiro atoms. The highest BCUT2D eigenvalue weighted by Gasteiger charge is 2.38. The molecule has 3 atom stereocenters. The van der Waals surface area contributed by atoms with E-state index < -0.39 is 30.3 Å². The lowest BCUT2D eigenvalue weighted by Crippen LogP contribution is -2.47. The summed E-state index contributed by atoms with van der Waals surface area (Å²) < 4.78 is 62.0. The normalized spacial score (nSPS) is 23.8. The Morgan fingerprint density at radius 2 is 2.00 bits per heavy atom. The first-order valence-corrected chi connectivity index (χ1v) is 10.0. The number of hydrogen-bond donors (Lipinski definition) is 1. The van der Waals surface area contributed by atoms with Crippen LogP contribution < -0.4 is 5.73 Å². The van der Waals surface area contributed by atoms with Crippen LogP contribution in [0.15, 0.2) is 18.2 Å². The van der Waals surface area contributed by atoms with Crippen LogP contribution in [0.4, 0.5) is 17.6 Å². The minimum atomic E-state index is -2.88. The summed E-state index contributed by atoms with van der Waals surface area (Å²) in [4.78, 5) is 6.61. The quantitative estimate of drug-likeness (QED) is 0.604. The standard InChI is InChI=1S/C19H20F4N8O/c1-29-15-7-30(6-14(15)25-17(29)18-26-27-28-31(18)19(22)23)10-5-13(24)16(32-8-10)11-4-9(20)2-3-12(11)21/h2-4,10,13,16,19H,5-8,24H2,1H3/t10-,13?,16-/m1/s1. The lowest BCUT2D eigenvalue weighted by molar-refractivity contribution is -0.0534. The van der Waals surface area contributed by atoms with Crippen LogP contribution in [0.5, 0.6) is 0 Å². The van der Waals surface area contributed by atoms with Gasteiger partial charge in [-0.2, -0.15) is 13.5 Å². The van der Waals surface area contributed by atoms with Crippen molar-refractivity contribution in [1.82, 2.24) is 34.7 Å². The Hall–Kier alpha value is -2.90. The molecule has 9 nitrogen and oxygen atoms in total. The van der Waals surface area contributed by atoms with Crippen molar-refractivity contribution in [3.05, 3.63) is 46.8 Å². The molecule has 0 saturated carbocycles. The highest BCUT2D eigenvalue weighted by molar-refractivity contribution is 5.47. The molecule has 0 amide bonds. The number of hydrogen-bond acceptors (Lipinski definition) is 7. The van der Waals surface area contributed by atoms with Crippen molar-refractivity contribution < 1.29 is 22.3 Å². The smallest absolute Gasteiger partial charge is 0.336 e. The van der Waals surface area contributed by atoms with E-state index in [0.29, 0.717) is 30.8 Å². The van der Waals surface area contributed by atoms with E-state index >= 15 is 0 Å². The predicted molar refractivity (Wildman–Crippen MR) is 102 cm³/mol. The van der Waals surface area contributed by atoms with Gasteiger partial charge in [0.1, 0.15) is 17.7 Å². The number of aromatic nitrogens is 6. The predicted octanol–water partition coefficient (Wildman–Crippen LogP) is 1.92. The zero-order valence-electron chi connectivity index (χ0n) is 17.0. The summed E-state index contributed by atoms with van der Waals surface area (Å²) in [5, 5.41) is 10.3. The zero-order chi connectivity index (χ0) is 22.6. The molecular weight excluding hydrogens is 432 g/mol. The van der Waals surface area contributed by atoms with Gasteiger partial charge in [0, 0.05) is 37.8 Å². The molecule has 32 heavy (non-hydrogen) atoms. The SMILES string of the molecule is Cn1c(-c2nnnn2C(F)F)nc2c1CN([C@H]1CO[C@H](c3cc(F)ccc3F)C(N)C1)C2. The van der Waals surface area contributed by atoms with E-state index in [9.17, 15) is 17.6 Å². The molecule has 13 heteroatoms. The van der Waals surface area contributed by atoms with Crippen molar-refractivity contribution in [2.75, 3.05) is 6.61 Å². The summed E-state index contributed by atoms with van der Waals surface area (Å²) in [5.74, 6) is -0.944. The van der Waals surface area contributed by atoms with E-state index in [0.717, 1.165) is 29.6 Å². The van der Waals surface area contributed by atoms with Crippen LogP contribution in [0.1, 0.15) is 36.0 Å².